The lowest BCUT2D eigenvalue weighted by atomic mass is 9.75. The van der Waals surface area contributed by atoms with Crippen LogP contribution in [0.1, 0.15) is 66.8 Å². The number of ether oxygens (including phenoxy) is 2. The molecular weight excluding hydrogens is 973 g/mol. The number of rotatable bonds is 16. The predicted octanol–water partition coefficient (Wildman–Crippen LogP) is 17.8. The summed E-state index contributed by atoms with van der Waals surface area (Å²) in [6.45, 7) is 2.00. The van der Waals surface area contributed by atoms with Gasteiger partial charge in [-0.1, -0.05) is 364 Å². The number of hydrogen-bond donors (Lipinski definition) is 0. The van der Waals surface area contributed by atoms with E-state index >= 15 is 0 Å². The number of carbonyl (C=O) groups excluding carboxylic acids is 1. The van der Waals surface area contributed by atoms with Crippen LogP contribution in [0.4, 0.5) is 0 Å². The van der Waals surface area contributed by atoms with Crippen molar-refractivity contribution in [2.24, 2.45) is 0 Å². The summed E-state index contributed by atoms with van der Waals surface area (Å²) in [6, 6.07) is 127. The van der Waals surface area contributed by atoms with Gasteiger partial charge in [0.25, 0.3) is 0 Å². The molecule has 0 bridgehead atoms. The van der Waals surface area contributed by atoms with Gasteiger partial charge in [-0.25, -0.2) is 0 Å². The minimum Gasteiger partial charge on any atom is -0.340 e. The molecule has 0 saturated carbocycles. The van der Waals surface area contributed by atoms with Gasteiger partial charge in [-0.15, -0.1) is 0 Å². The van der Waals surface area contributed by atoms with E-state index in [1.807, 2.05) is 6.79 Å². The zero-order valence-electron chi connectivity index (χ0n) is 44.6. The Bertz CT molecular complexity index is 2800. The van der Waals surface area contributed by atoms with E-state index in [0.29, 0.717) is 0 Å². The van der Waals surface area contributed by atoms with Crippen LogP contribution in [0, 0.1) is 0 Å². The summed E-state index contributed by atoms with van der Waals surface area (Å²) in [5.41, 5.74) is 9.07. The van der Waals surface area contributed by atoms with Gasteiger partial charge in [-0.3, -0.25) is 0 Å². The molecule has 0 atom stereocenters. The van der Waals surface area contributed by atoms with Crippen LogP contribution in [0.15, 0.2) is 364 Å². The third-order valence-corrected chi connectivity index (χ3v) is 14.8. The first-order valence-corrected chi connectivity index (χ1v) is 27.0. The second-order valence-electron chi connectivity index (χ2n) is 19.3. The highest BCUT2D eigenvalue weighted by Gasteiger charge is 2.50. The van der Waals surface area contributed by atoms with Crippen molar-refractivity contribution in [1.82, 2.24) is 0 Å². The van der Waals surface area contributed by atoms with Crippen LogP contribution < -0.4 is 0 Å². The summed E-state index contributed by atoms with van der Waals surface area (Å²) in [6.07, 6.45) is 0. The summed E-state index contributed by atoms with van der Waals surface area (Å²) >= 11 is 0. The van der Waals surface area contributed by atoms with Gasteiger partial charge >= 0.3 is 0 Å². The Labute approximate surface area is 471 Å². The Kier molecular flexibility index (Phi) is 17.2. The minimum atomic E-state index is -0.925. The van der Waals surface area contributed by atoms with Crippen molar-refractivity contribution < 1.29 is 14.3 Å². The molecule has 0 radical (unpaired) electrons. The molecule has 0 fully saturated rings. The highest BCUT2D eigenvalue weighted by molar-refractivity contribution is 5.55. The first kappa shape index (κ1) is 53.6. The first-order chi connectivity index (χ1) is 39.7. The fraction of sp³-hybridized carbons (Fsp3) is 0.0519. The third-order valence-electron chi connectivity index (χ3n) is 14.8. The second kappa shape index (κ2) is 25.6. The average Bonchev–Trinajstić information content (AvgIpc) is 3.70. The number of hydrogen-bond acceptors (Lipinski definition) is 3. The van der Waals surface area contributed by atoms with Gasteiger partial charge < -0.3 is 14.3 Å². The molecule has 0 aliphatic heterocycles. The lowest BCUT2D eigenvalue weighted by molar-refractivity contribution is -0.0980. The van der Waals surface area contributed by atoms with Gasteiger partial charge in [-0.2, -0.15) is 0 Å². The lowest BCUT2D eigenvalue weighted by Gasteiger charge is -2.46. The van der Waals surface area contributed by atoms with E-state index in [1.54, 1.807) is 0 Å². The second-order valence-corrected chi connectivity index (χ2v) is 19.3. The molecule has 12 aromatic rings. The molecule has 12 aromatic carbocycles. The topological polar surface area (TPSA) is 35.5 Å². The molecule has 0 aliphatic carbocycles. The molecule has 12 rings (SSSR count). The maximum Gasteiger partial charge on any atom is 0.145 e. The fourth-order valence-electron chi connectivity index (χ4n) is 11.2. The van der Waals surface area contributed by atoms with E-state index in [9.17, 15) is 0 Å². The first-order valence-electron chi connectivity index (χ1n) is 27.0. The molecular formula is C77H62O3. The Balaban J connectivity index is 0.000000175. The summed E-state index contributed by atoms with van der Waals surface area (Å²) in [5, 5.41) is 0. The van der Waals surface area contributed by atoms with E-state index in [4.69, 9.17) is 14.3 Å². The Hall–Kier alpha value is -9.77. The molecule has 0 unspecified atom stereocenters. The van der Waals surface area contributed by atoms with Crippen LogP contribution in [-0.2, 0) is 36.7 Å². The van der Waals surface area contributed by atoms with Crippen LogP contribution in [-0.4, -0.2) is 6.79 Å². The van der Waals surface area contributed by atoms with Crippen molar-refractivity contribution in [3.8, 4) is 0 Å². The van der Waals surface area contributed by atoms with Gasteiger partial charge in [-0.05, 0) is 66.8 Å². The summed E-state index contributed by atoms with van der Waals surface area (Å²) in [7, 11) is 0. The predicted molar refractivity (Wildman–Crippen MR) is 326 cm³/mol. The zero-order valence-corrected chi connectivity index (χ0v) is 44.6. The number of carbonyl (C=O) groups is 1. The molecule has 0 amide bonds. The standard InChI is InChI=1S/2C38H30O.CH2O/c2*1-7-19-31(20-8-1)37(32-21-9-2-10-22-32,33-23-11-3-12-24-33)39-38(34-25-13-4-14-26-34,35-27-15-5-16-28-35)36-29-17-6-18-30-36;1-2/h2*1-30H;1H2. The smallest absolute Gasteiger partial charge is 0.145 e. The van der Waals surface area contributed by atoms with E-state index in [0.717, 1.165) is 66.8 Å². The quantitative estimate of drug-likeness (QED) is 0.0905. The van der Waals surface area contributed by atoms with Gasteiger partial charge in [0.1, 0.15) is 29.2 Å². The Morgan fingerprint density at radius 3 is 0.300 bits per heavy atom. The van der Waals surface area contributed by atoms with Crippen molar-refractivity contribution in [2.75, 3.05) is 0 Å². The summed E-state index contributed by atoms with van der Waals surface area (Å²) in [4.78, 5) is 8.00. The molecule has 388 valence electrons. The number of benzene rings is 12. The highest BCUT2D eigenvalue weighted by atomic mass is 16.5. The van der Waals surface area contributed by atoms with Gasteiger partial charge in [0.2, 0.25) is 0 Å². The minimum absolute atomic E-state index is 0.925. The molecule has 0 spiro atoms. The van der Waals surface area contributed by atoms with Gasteiger partial charge in [0, 0.05) is 0 Å². The van der Waals surface area contributed by atoms with Gasteiger partial charge in [0.05, 0.1) is 0 Å². The van der Waals surface area contributed by atoms with Crippen molar-refractivity contribution in [1.29, 1.82) is 0 Å². The van der Waals surface area contributed by atoms with Gasteiger partial charge in [0.15, 0.2) is 0 Å². The van der Waals surface area contributed by atoms with Crippen molar-refractivity contribution in [2.45, 2.75) is 22.4 Å². The van der Waals surface area contributed by atoms with Crippen LogP contribution in [0.5, 0.6) is 0 Å². The van der Waals surface area contributed by atoms with E-state index in [-0.39, 0.29) is 0 Å². The lowest BCUT2D eigenvalue weighted by Crippen LogP contribution is -2.44. The van der Waals surface area contributed by atoms with E-state index in [1.165, 1.54) is 0 Å². The highest BCUT2D eigenvalue weighted by Crippen LogP contribution is 2.53. The fourth-order valence-corrected chi connectivity index (χ4v) is 11.2. The van der Waals surface area contributed by atoms with Crippen molar-refractivity contribution in [3.63, 3.8) is 0 Å². The zero-order chi connectivity index (χ0) is 54.8. The van der Waals surface area contributed by atoms with Crippen LogP contribution in [0.2, 0.25) is 0 Å². The Morgan fingerprint density at radius 1 is 0.150 bits per heavy atom. The normalized spacial score (nSPS) is 11.4. The molecule has 0 saturated heterocycles. The maximum absolute atomic E-state index is 8.00. The van der Waals surface area contributed by atoms with Crippen molar-refractivity contribution in [3.05, 3.63) is 431 Å². The molecule has 3 nitrogen and oxygen atoms in total. The molecule has 80 heavy (non-hydrogen) atoms. The van der Waals surface area contributed by atoms with E-state index < -0.39 is 22.4 Å². The maximum atomic E-state index is 8.00. The molecule has 0 aliphatic rings. The largest absolute Gasteiger partial charge is 0.340 e. The monoisotopic (exact) mass is 1030 g/mol. The third kappa shape index (κ3) is 10.6. The summed E-state index contributed by atoms with van der Waals surface area (Å²) in [5.74, 6) is 0. The average molecular weight is 1040 g/mol. The van der Waals surface area contributed by atoms with E-state index in [2.05, 4.69) is 364 Å². The molecule has 0 heterocycles. The molecule has 0 N–H and O–H groups in total. The van der Waals surface area contributed by atoms with Crippen LogP contribution in [0.25, 0.3) is 0 Å². The SMILES string of the molecule is C=O.c1ccc(C(OC(c2ccccc2)(c2ccccc2)c2ccccc2)(c2ccccc2)c2ccccc2)cc1.c1ccc(C(OC(c2ccccc2)(c2ccccc2)c2ccccc2)(c2ccccc2)c2ccccc2)cc1. The van der Waals surface area contributed by atoms with Crippen LogP contribution in [0.3, 0.4) is 0 Å². The molecule has 3 heteroatoms. The Morgan fingerprint density at radius 2 is 0.225 bits per heavy atom. The summed E-state index contributed by atoms with van der Waals surface area (Å²) < 4.78 is 15.9. The van der Waals surface area contributed by atoms with Crippen LogP contribution >= 0.6 is 0 Å². The molecule has 0 aromatic heterocycles. The van der Waals surface area contributed by atoms with Crippen molar-refractivity contribution >= 4 is 6.79 Å².